The van der Waals surface area contributed by atoms with Gasteiger partial charge < -0.3 is 9.47 Å². The number of benzene rings is 1. The molecule has 2 fully saturated rings. The maximum absolute atomic E-state index is 12.2. The topological polar surface area (TPSA) is 35.5 Å². The number of hydrogen-bond acceptors (Lipinski definition) is 3. The van der Waals surface area contributed by atoms with Crippen molar-refractivity contribution in [2.75, 3.05) is 6.61 Å². The molecule has 1 saturated heterocycles. The van der Waals surface area contributed by atoms with Crippen LogP contribution in [0, 0.1) is 11.8 Å². The molecule has 3 heteroatoms. The Labute approximate surface area is 125 Å². The first-order chi connectivity index (χ1) is 10.2. The van der Waals surface area contributed by atoms with Crippen LogP contribution in [0.4, 0.5) is 0 Å². The third-order valence-electron chi connectivity index (χ3n) is 5.57. The smallest absolute Gasteiger partial charge is 0.214 e. The van der Waals surface area contributed by atoms with Crippen LogP contribution in [0.5, 0.6) is 5.75 Å². The van der Waals surface area contributed by atoms with Crippen molar-refractivity contribution in [1.82, 2.24) is 0 Å². The van der Waals surface area contributed by atoms with Crippen molar-refractivity contribution < 1.29 is 14.3 Å². The van der Waals surface area contributed by atoms with Gasteiger partial charge in [0.05, 0.1) is 12.5 Å². The Morgan fingerprint density at radius 1 is 1.24 bits per heavy atom. The highest BCUT2D eigenvalue weighted by Crippen LogP contribution is 2.53. The summed E-state index contributed by atoms with van der Waals surface area (Å²) in [5, 5.41) is 0. The molecule has 0 amide bonds. The maximum atomic E-state index is 12.2. The van der Waals surface area contributed by atoms with E-state index in [9.17, 15) is 4.79 Å². The lowest BCUT2D eigenvalue weighted by Crippen LogP contribution is -2.48. The summed E-state index contributed by atoms with van der Waals surface area (Å²) < 4.78 is 12.5. The normalized spacial score (nSPS) is 37.7. The molecular weight excluding hydrogens is 264 g/mol. The molecule has 0 radical (unpaired) electrons. The van der Waals surface area contributed by atoms with Crippen molar-refractivity contribution in [3.8, 4) is 5.75 Å². The average Bonchev–Trinajstić information content (AvgIpc) is 2.85. The van der Waals surface area contributed by atoms with Gasteiger partial charge in [-0.2, -0.15) is 0 Å². The molecule has 0 aromatic heterocycles. The molecule has 1 aromatic rings. The van der Waals surface area contributed by atoms with Crippen molar-refractivity contribution >= 4 is 5.78 Å². The summed E-state index contributed by atoms with van der Waals surface area (Å²) in [4.78, 5) is 12.2. The van der Waals surface area contributed by atoms with Gasteiger partial charge in [-0.25, -0.2) is 0 Å². The maximum Gasteiger partial charge on any atom is 0.214 e. The quantitative estimate of drug-likeness (QED) is 0.790. The van der Waals surface area contributed by atoms with Gasteiger partial charge in [0.1, 0.15) is 11.5 Å². The molecule has 0 N–H and O–H groups in total. The molecule has 1 spiro atoms. The molecule has 2 aliphatic heterocycles. The minimum atomic E-state index is -0.560. The summed E-state index contributed by atoms with van der Waals surface area (Å²) in [6.45, 7) is 2.48. The standard InChI is InChI=1S/C18H22O3/c1-12(19)15-10-18(21-17-9-5-3-7-14(15)17)16-8-4-2-6-13(16)11-20-18/h3,5,7,9,13,15-16H,2,4,6,8,10-11H2,1H3/t13-,15+,16-,18-/m1/s1. The van der Waals surface area contributed by atoms with Crippen molar-refractivity contribution in [1.29, 1.82) is 0 Å². The fourth-order valence-corrected chi connectivity index (χ4v) is 4.50. The zero-order valence-corrected chi connectivity index (χ0v) is 12.5. The van der Waals surface area contributed by atoms with Crippen LogP contribution in [0.1, 0.15) is 50.5 Å². The first-order valence-electron chi connectivity index (χ1n) is 8.12. The molecule has 0 unspecified atom stereocenters. The second-order valence-electron chi connectivity index (χ2n) is 6.78. The van der Waals surface area contributed by atoms with Gasteiger partial charge in [-0.3, -0.25) is 4.79 Å². The van der Waals surface area contributed by atoms with Gasteiger partial charge in [0.2, 0.25) is 5.79 Å². The number of carbonyl (C=O) groups is 1. The third-order valence-corrected chi connectivity index (χ3v) is 5.57. The van der Waals surface area contributed by atoms with Gasteiger partial charge in [-0.05, 0) is 31.7 Å². The van der Waals surface area contributed by atoms with E-state index in [1.54, 1.807) is 6.92 Å². The average molecular weight is 286 g/mol. The Balaban J connectivity index is 1.74. The van der Waals surface area contributed by atoms with E-state index in [1.807, 2.05) is 24.3 Å². The molecule has 2 heterocycles. The van der Waals surface area contributed by atoms with Gasteiger partial charge >= 0.3 is 0 Å². The highest BCUT2D eigenvalue weighted by molar-refractivity contribution is 5.84. The summed E-state index contributed by atoms with van der Waals surface area (Å²) in [6, 6.07) is 7.95. The number of ketones is 1. The lowest BCUT2D eigenvalue weighted by molar-refractivity contribution is -0.192. The minimum Gasteiger partial charge on any atom is -0.462 e. The highest BCUT2D eigenvalue weighted by atomic mass is 16.7. The molecule has 3 nitrogen and oxygen atoms in total. The summed E-state index contributed by atoms with van der Waals surface area (Å²) in [5.74, 6) is 1.47. The van der Waals surface area contributed by atoms with Crippen LogP contribution in [0.2, 0.25) is 0 Å². The van der Waals surface area contributed by atoms with Gasteiger partial charge in [0.25, 0.3) is 0 Å². The van der Waals surface area contributed by atoms with Crippen LogP contribution >= 0.6 is 0 Å². The zero-order valence-electron chi connectivity index (χ0n) is 12.5. The molecule has 0 bridgehead atoms. The first kappa shape index (κ1) is 13.3. The van der Waals surface area contributed by atoms with Crippen molar-refractivity contribution in [2.45, 2.75) is 50.7 Å². The number of fused-ring (bicyclic) bond motifs is 3. The van der Waals surface area contributed by atoms with Gasteiger partial charge in [0.15, 0.2) is 0 Å². The summed E-state index contributed by atoms with van der Waals surface area (Å²) >= 11 is 0. The number of Topliss-reactive ketones (excluding diaryl/α,β-unsaturated/α-hetero) is 1. The van der Waals surface area contributed by atoms with Crippen LogP contribution in [0.25, 0.3) is 0 Å². The molecule has 21 heavy (non-hydrogen) atoms. The van der Waals surface area contributed by atoms with E-state index < -0.39 is 5.79 Å². The van der Waals surface area contributed by atoms with Gasteiger partial charge in [0, 0.05) is 17.9 Å². The second kappa shape index (κ2) is 4.84. The summed E-state index contributed by atoms with van der Waals surface area (Å²) in [7, 11) is 0. The molecule has 1 saturated carbocycles. The van der Waals surface area contributed by atoms with Crippen molar-refractivity contribution in [2.24, 2.45) is 11.8 Å². The van der Waals surface area contributed by atoms with Gasteiger partial charge in [-0.1, -0.05) is 31.0 Å². The monoisotopic (exact) mass is 286 g/mol. The highest BCUT2D eigenvalue weighted by Gasteiger charge is 2.56. The van der Waals surface area contributed by atoms with E-state index >= 15 is 0 Å². The van der Waals surface area contributed by atoms with Crippen molar-refractivity contribution in [3.63, 3.8) is 0 Å². The molecular formula is C18H22O3. The molecule has 4 atom stereocenters. The van der Waals surface area contributed by atoms with E-state index in [4.69, 9.17) is 9.47 Å². The fraction of sp³-hybridized carbons (Fsp3) is 0.611. The van der Waals surface area contributed by atoms with E-state index in [0.29, 0.717) is 18.3 Å². The Morgan fingerprint density at radius 2 is 2.05 bits per heavy atom. The van der Waals surface area contributed by atoms with Crippen LogP contribution in [-0.2, 0) is 9.53 Å². The van der Waals surface area contributed by atoms with Crippen LogP contribution in [0.15, 0.2) is 24.3 Å². The van der Waals surface area contributed by atoms with E-state index in [1.165, 1.54) is 19.3 Å². The number of rotatable bonds is 1. The SMILES string of the molecule is CC(=O)[C@@H]1C[C@@]2(OC[C@H]3CCCC[C@H]32)Oc2ccccc21. The van der Waals surface area contributed by atoms with Gasteiger partial charge in [-0.15, -0.1) is 0 Å². The zero-order chi connectivity index (χ0) is 14.4. The van der Waals surface area contributed by atoms with E-state index in [-0.39, 0.29) is 11.7 Å². The Hall–Kier alpha value is -1.35. The Bertz CT molecular complexity index is 567. The largest absolute Gasteiger partial charge is 0.462 e. The molecule has 4 rings (SSSR count). The summed E-state index contributed by atoms with van der Waals surface area (Å²) in [5.41, 5.74) is 1.03. The summed E-state index contributed by atoms with van der Waals surface area (Å²) in [6.07, 6.45) is 5.63. The van der Waals surface area contributed by atoms with E-state index in [0.717, 1.165) is 24.3 Å². The van der Waals surface area contributed by atoms with Crippen molar-refractivity contribution in [3.05, 3.63) is 29.8 Å². The van der Waals surface area contributed by atoms with Crippen LogP contribution in [-0.4, -0.2) is 18.2 Å². The molecule has 1 aliphatic carbocycles. The number of hydrogen-bond donors (Lipinski definition) is 0. The molecule has 1 aromatic carbocycles. The lowest BCUT2D eigenvalue weighted by Gasteiger charge is -2.43. The van der Waals surface area contributed by atoms with E-state index in [2.05, 4.69) is 0 Å². The fourth-order valence-electron chi connectivity index (χ4n) is 4.50. The minimum absolute atomic E-state index is 0.0874. The molecule has 3 aliphatic rings. The Morgan fingerprint density at radius 3 is 2.90 bits per heavy atom. The predicted molar refractivity (Wildman–Crippen MR) is 79.2 cm³/mol. The molecule has 112 valence electrons. The number of carbonyl (C=O) groups excluding carboxylic acids is 1. The third kappa shape index (κ3) is 2.02. The number of para-hydroxylation sites is 1. The predicted octanol–water partition coefficient (Wildman–Crippen LogP) is 3.67. The van der Waals surface area contributed by atoms with Crippen LogP contribution in [0.3, 0.4) is 0 Å². The Kier molecular flexibility index (Phi) is 3.07. The first-order valence-corrected chi connectivity index (χ1v) is 8.12. The lowest BCUT2D eigenvalue weighted by atomic mass is 9.72. The number of ether oxygens (including phenoxy) is 2. The van der Waals surface area contributed by atoms with Crippen LogP contribution < -0.4 is 4.74 Å². The second-order valence-corrected chi connectivity index (χ2v) is 6.78.